The summed E-state index contributed by atoms with van der Waals surface area (Å²) < 4.78 is 5.82. The van der Waals surface area contributed by atoms with E-state index in [0.717, 1.165) is 11.5 Å². The van der Waals surface area contributed by atoms with Gasteiger partial charge in [-0.1, -0.05) is 26.0 Å². The molecule has 2 heteroatoms. The second-order valence-electron chi connectivity index (χ2n) is 4.81. The Labute approximate surface area is 98.3 Å². The van der Waals surface area contributed by atoms with Crippen LogP contribution in [0.4, 0.5) is 0 Å². The van der Waals surface area contributed by atoms with Gasteiger partial charge in [0.15, 0.2) is 0 Å². The first-order chi connectivity index (χ1) is 6.96. The molecule has 0 aliphatic carbocycles. The minimum atomic E-state index is 0.124. The fourth-order valence-electron chi connectivity index (χ4n) is 1.20. The Bertz CT molecular complexity index is 331. The fraction of sp³-hybridized carbons (Fsp3) is 0.538. The summed E-state index contributed by atoms with van der Waals surface area (Å²) >= 11 is 4.31. The van der Waals surface area contributed by atoms with E-state index < -0.39 is 0 Å². The van der Waals surface area contributed by atoms with Crippen LogP contribution in [0.25, 0.3) is 0 Å². The van der Waals surface area contributed by atoms with Crippen molar-refractivity contribution in [3.05, 3.63) is 29.3 Å². The summed E-state index contributed by atoms with van der Waals surface area (Å²) in [4.78, 5) is 0. The van der Waals surface area contributed by atoms with E-state index in [2.05, 4.69) is 46.4 Å². The van der Waals surface area contributed by atoms with Crippen molar-refractivity contribution in [3.8, 4) is 5.75 Å². The van der Waals surface area contributed by atoms with E-state index >= 15 is 0 Å². The van der Waals surface area contributed by atoms with E-state index in [1.54, 1.807) is 0 Å². The summed E-state index contributed by atoms with van der Waals surface area (Å²) in [5.74, 6) is 1.82. The third-order valence-electron chi connectivity index (χ3n) is 2.60. The Morgan fingerprint density at radius 1 is 1.27 bits per heavy atom. The highest BCUT2D eigenvalue weighted by Gasteiger charge is 2.17. The molecule has 84 valence electrons. The lowest BCUT2D eigenvalue weighted by Crippen LogP contribution is -2.23. The van der Waals surface area contributed by atoms with Crippen LogP contribution in [-0.2, 0) is 0 Å². The van der Waals surface area contributed by atoms with Gasteiger partial charge in [-0.15, -0.1) is 0 Å². The van der Waals surface area contributed by atoms with Crippen molar-refractivity contribution in [3.63, 3.8) is 0 Å². The number of benzene rings is 1. The summed E-state index contributed by atoms with van der Waals surface area (Å²) in [5.41, 5.74) is 2.63. The Kier molecular flexibility index (Phi) is 4.09. The van der Waals surface area contributed by atoms with Gasteiger partial charge in [-0.3, -0.25) is 0 Å². The van der Waals surface area contributed by atoms with Crippen LogP contribution in [0, 0.1) is 19.3 Å². The number of hydrogen-bond donors (Lipinski definition) is 1. The SMILES string of the molecule is Cc1cccc(OCC(C)(C)CS)c1C. The first kappa shape index (κ1) is 12.4. The highest BCUT2D eigenvalue weighted by molar-refractivity contribution is 7.80. The van der Waals surface area contributed by atoms with Gasteiger partial charge in [0.2, 0.25) is 0 Å². The zero-order chi connectivity index (χ0) is 11.5. The molecule has 0 saturated carbocycles. The molecule has 0 aromatic heterocycles. The van der Waals surface area contributed by atoms with Crippen LogP contribution in [0.15, 0.2) is 18.2 Å². The molecule has 0 heterocycles. The maximum absolute atomic E-state index is 5.82. The highest BCUT2D eigenvalue weighted by atomic mass is 32.1. The van der Waals surface area contributed by atoms with E-state index in [4.69, 9.17) is 4.74 Å². The summed E-state index contributed by atoms with van der Waals surface area (Å²) in [5, 5.41) is 0. The number of rotatable bonds is 4. The van der Waals surface area contributed by atoms with E-state index in [1.807, 2.05) is 12.1 Å². The third-order valence-corrected chi connectivity index (χ3v) is 3.46. The van der Waals surface area contributed by atoms with Crippen LogP contribution in [-0.4, -0.2) is 12.4 Å². The van der Waals surface area contributed by atoms with Gasteiger partial charge in [0.05, 0.1) is 6.61 Å². The Balaban J connectivity index is 2.70. The van der Waals surface area contributed by atoms with E-state index in [0.29, 0.717) is 6.61 Å². The van der Waals surface area contributed by atoms with E-state index in [-0.39, 0.29) is 5.41 Å². The lowest BCUT2D eigenvalue weighted by atomic mass is 9.98. The molecule has 0 N–H and O–H groups in total. The maximum Gasteiger partial charge on any atom is 0.122 e. The first-order valence-corrected chi connectivity index (χ1v) is 5.89. The lowest BCUT2D eigenvalue weighted by Gasteiger charge is -2.23. The van der Waals surface area contributed by atoms with Crippen LogP contribution < -0.4 is 4.74 Å². The highest BCUT2D eigenvalue weighted by Crippen LogP contribution is 2.24. The molecule has 15 heavy (non-hydrogen) atoms. The molecule has 0 saturated heterocycles. The zero-order valence-electron chi connectivity index (χ0n) is 10.0. The molecular formula is C13H20OS. The van der Waals surface area contributed by atoms with Crippen molar-refractivity contribution in [1.82, 2.24) is 0 Å². The minimum Gasteiger partial charge on any atom is -0.493 e. The molecule has 0 bridgehead atoms. The van der Waals surface area contributed by atoms with Gasteiger partial charge in [-0.2, -0.15) is 12.6 Å². The second kappa shape index (κ2) is 4.93. The van der Waals surface area contributed by atoms with Crippen molar-refractivity contribution in [2.24, 2.45) is 5.41 Å². The van der Waals surface area contributed by atoms with Crippen LogP contribution >= 0.6 is 12.6 Å². The van der Waals surface area contributed by atoms with Gasteiger partial charge in [-0.25, -0.2) is 0 Å². The molecule has 0 amide bonds. The average molecular weight is 224 g/mol. The van der Waals surface area contributed by atoms with Crippen molar-refractivity contribution in [2.45, 2.75) is 27.7 Å². The Morgan fingerprint density at radius 2 is 1.93 bits per heavy atom. The van der Waals surface area contributed by atoms with Crippen LogP contribution in [0.1, 0.15) is 25.0 Å². The van der Waals surface area contributed by atoms with Gasteiger partial charge in [0, 0.05) is 5.41 Å². The summed E-state index contributed by atoms with van der Waals surface area (Å²) in [6.07, 6.45) is 0. The molecule has 1 aromatic rings. The number of aryl methyl sites for hydroxylation is 1. The smallest absolute Gasteiger partial charge is 0.122 e. The van der Waals surface area contributed by atoms with Crippen molar-refractivity contribution in [2.75, 3.05) is 12.4 Å². The predicted octanol–water partition coefficient (Wildman–Crippen LogP) is 3.64. The summed E-state index contributed by atoms with van der Waals surface area (Å²) in [6.45, 7) is 9.22. The molecular weight excluding hydrogens is 204 g/mol. The lowest BCUT2D eigenvalue weighted by molar-refractivity contribution is 0.201. The molecule has 0 unspecified atom stereocenters. The third kappa shape index (κ3) is 3.45. The molecule has 1 rings (SSSR count). The number of thiol groups is 1. The van der Waals surface area contributed by atoms with Crippen LogP contribution in [0.5, 0.6) is 5.75 Å². The Hall–Kier alpha value is -0.630. The quantitative estimate of drug-likeness (QED) is 0.768. The Morgan fingerprint density at radius 3 is 2.53 bits per heavy atom. The molecule has 0 fully saturated rings. The number of hydrogen-bond acceptors (Lipinski definition) is 2. The largest absolute Gasteiger partial charge is 0.493 e. The van der Waals surface area contributed by atoms with E-state index in [9.17, 15) is 0 Å². The molecule has 0 radical (unpaired) electrons. The molecule has 0 aliphatic rings. The first-order valence-electron chi connectivity index (χ1n) is 5.26. The van der Waals surface area contributed by atoms with Gasteiger partial charge in [0.1, 0.15) is 5.75 Å². The van der Waals surface area contributed by atoms with Crippen LogP contribution in [0.3, 0.4) is 0 Å². The molecule has 1 aromatic carbocycles. The predicted molar refractivity (Wildman–Crippen MR) is 69.0 cm³/mol. The monoisotopic (exact) mass is 224 g/mol. The topological polar surface area (TPSA) is 9.23 Å². The van der Waals surface area contributed by atoms with Gasteiger partial charge in [0.25, 0.3) is 0 Å². The second-order valence-corrected chi connectivity index (χ2v) is 5.13. The van der Waals surface area contributed by atoms with Gasteiger partial charge < -0.3 is 4.74 Å². The zero-order valence-corrected chi connectivity index (χ0v) is 10.9. The minimum absolute atomic E-state index is 0.124. The van der Waals surface area contributed by atoms with Gasteiger partial charge >= 0.3 is 0 Å². The molecule has 0 atom stereocenters. The molecule has 1 nitrogen and oxygen atoms in total. The van der Waals surface area contributed by atoms with Gasteiger partial charge in [-0.05, 0) is 36.8 Å². The normalized spacial score (nSPS) is 11.5. The van der Waals surface area contributed by atoms with Crippen molar-refractivity contribution >= 4 is 12.6 Å². The van der Waals surface area contributed by atoms with Crippen molar-refractivity contribution in [1.29, 1.82) is 0 Å². The fourth-order valence-corrected chi connectivity index (χ4v) is 1.29. The van der Waals surface area contributed by atoms with Crippen LogP contribution in [0.2, 0.25) is 0 Å². The van der Waals surface area contributed by atoms with Crippen molar-refractivity contribution < 1.29 is 4.74 Å². The average Bonchev–Trinajstić information content (AvgIpc) is 2.20. The molecule has 0 spiro atoms. The number of ether oxygens (including phenoxy) is 1. The molecule has 0 aliphatic heterocycles. The standard InChI is InChI=1S/C13H20OS/c1-10-6-5-7-12(11(10)2)14-8-13(3,4)9-15/h5-7,15H,8-9H2,1-4H3. The summed E-state index contributed by atoms with van der Waals surface area (Å²) in [6, 6.07) is 6.16. The van der Waals surface area contributed by atoms with E-state index in [1.165, 1.54) is 11.1 Å². The summed E-state index contributed by atoms with van der Waals surface area (Å²) in [7, 11) is 0. The maximum atomic E-state index is 5.82.